The number of nitrogens with zero attached hydrogens (tertiary/aromatic N) is 4. The third-order valence-electron chi connectivity index (χ3n) is 4.91. The van der Waals surface area contributed by atoms with Crippen molar-refractivity contribution >= 4 is 44.2 Å². The van der Waals surface area contributed by atoms with Gasteiger partial charge in [-0.1, -0.05) is 6.07 Å². The molecule has 0 aliphatic carbocycles. The first-order valence-electron chi connectivity index (χ1n) is 9.37. The van der Waals surface area contributed by atoms with Crippen LogP contribution in [0.3, 0.4) is 0 Å². The molecule has 9 nitrogen and oxygen atoms in total. The van der Waals surface area contributed by atoms with Gasteiger partial charge in [0.2, 0.25) is 10.0 Å². The van der Waals surface area contributed by atoms with Gasteiger partial charge in [0, 0.05) is 43.4 Å². The first-order valence-corrected chi connectivity index (χ1v) is 11.3. The largest absolute Gasteiger partial charge is 0.478 e. The zero-order valence-corrected chi connectivity index (χ0v) is 17.1. The van der Waals surface area contributed by atoms with Crippen LogP contribution >= 0.6 is 0 Å². The lowest BCUT2D eigenvalue weighted by atomic mass is 10.1. The molecule has 1 aliphatic rings. The summed E-state index contributed by atoms with van der Waals surface area (Å²) in [6, 6.07) is 12.0. The number of benzene rings is 1. The van der Waals surface area contributed by atoms with Crippen molar-refractivity contribution in [3.05, 3.63) is 54.2 Å². The topological polar surface area (TPSA) is 116 Å². The van der Waals surface area contributed by atoms with Crippen LogP contribution in [0, 0.1) is 0 Å². The number of carboxylic acid groups (broad SMARTS) is 1. The number of piperazine rings is 1. The van der Waals surface area contributed by atoms with Crippen molar-refractivity contribution < 1.29 is 18.3 Å². The minimum atomic E-state index is -3.47. The van der Waals surface area contributed by atoms with Crippen LogP contribution in [0.2, 0.25) is 0 Å². The summed E-state index contributed by atoms with van der Waals surface area (Å²) in [6.45, 7) is 2.86. The van der Waals surface area contributed by atoms with Crippen LogP contribution in [0.4, 0.5) is 17.3 Å². The molecule has 0 saturated carbocycles. The molecule has 0 spiro atoms. The molecule has 0 radical (unpaired) electrons. The third kappa shape index (κ3) is 4.28. The van der Waals surface area contributed by atoms with Gasteiger partial charge in [-0.15, -0.1) is 0 Å². The van der Waals surface area contributed by atoms with Crippen molar-refractivity contribution in [2.24, 2.45) is 0 Å². The lowest BCUT2D eigenvalue weighted by Crippen LogP contribution is -2.47. The lowest BCUT2D eigenvalue weighted by molar-refractivity contribution is 0.0699. The Morgan fingerprint density at radius 2 is 1.73 bits per heavy atom. The van der Waals surface area contributed by atoms with Gasteiger partial charge in [0.15, 0.2) is 0 Å². The molecule has 0 unspecified atom stereocenters. The molecule has 1 aliphatic heterocycles. The van der Waals surface area contributed by atoms with Gasteiger partial charge in [0.25, 0.3) is 0 Å². The monoisotopic (exact) mass is 427 g/mol. The van der Waals surface area contributed by atoms with E-state index < -0.39 is 16.0 Å². The zero-order chi connectivity index (χ0) is 21.3. The summed E-state index contributed by atoms with van der Waals surface area (Å²) in [5.41, 5.74) is 0.876. The summed E-state index contributed by atoms with van der Waals surface area (Å²) < 4.78 is 25.3. The Balaban J connectivity index is 1.62. The minimum absolute atomic E-state index is 0.0827. The molecule has 4 rings (SSSR count). The quantitative estimate of drug-likeness (QED) is 0.635. The zero-order valence-electron chi connectivity index (χ0n) is 16.3. The van der Waals surface area contributed by atoms with Crippen molar-refractivity contribution in [1.82, 2.24) is 9.97 Å². The molecule has 3 aromatic rings. The number of nitrogens with one attached hydrogen (secondary N) is 1. The van der Waals surface area contributed by atoms with Crippen LogP contribution in [0.25, 0.3) is 10.9 Å². The van der Waals surface area contributed by atoms with Crippen molar-refractivity contribution in [2.75, 3.05) is 47.0 Å². The van der Waals surface area contributed by atoms with E-state index in [2.05, 4.69) is 19.6 Å². The molecule has 156 valence electrons. The maximum Gasteiger partial charge on any atom is 0.336 e. The molecule has 1 fully saturated rings. The molecule has 3 heterocycles. The fraction of sp³-hybridized carbons (Fsp3) is 0.250. The number of hydrogen-bond acceptors (Lipinski definition) is 7. The van der Waals surface area contributed by atoms with E-state index in [1.165, 1.54) is 6.07 Å². The van der Waals surface area contributed by atoms with Crippen molar-refractivity contribution in [3.63, 3.8) is 0 Å². The SMILES string of the molecule is CS(=O)(=O)Nc1ccc2nc(N3CCN(c4ccccn4)CC3)cc(C(=O)O)c2c1. The highest BCUT2D eigenvalue weighted by Crippen LogP contribution is 2.27. The van der Waals surface area contributed by atoms with Crippen LogP contribution in [0.15, 0.2) is 48.7 Å². The molecule has 30 heavy (non-hydrogen) atoms. The van der Waals surface area contributed by atoms with Crippen LogP contribution in [0.5, 0.6) is 0 Å². The van der Waals surface area contributed by atoms with Gasteiger partial charge in [-0.05, 0) is 36.4 Å². The number of rotatable bonds is 5. The number of hydrogen-bond donors (Lipinski definition) is 2. The maximum atomic E-state index is 11.9. The molecule has 2 aromatic heterocycles. The minimum Gasteiger partial charge on any atom is -0.478 e. The Morgan fingerprint density at radius 1 is 1.03 bits per heavy atom. The molecular formula is C20H21N5O4S. The summed E-state index contributed by atoms with van der Waals surface area (Å²) in [4.78, 5) is 25.1. The number of pyridine rings is 2. The highest BCUT2D eigenvalue weighted by molar-refractivity contribution is 7.92. The van der Waals surface area contributed by atoms with Gasteiger partial charge < -0.3 is 14.9 Å². The number of aromatic nitrogens is 2. The summed E-state index contributed by atoms with van der Waals surface area (Å²) in [5.74, 6) is 0.414. The van der Waals surface area contributed by atoms with Crippen molar-refractivity contribution in [3.8, 4) is 0 Å². The highest BCUT2D eigenvalue weighted by atomic mass is 32.2. The van der Waals surface area contributed by atoms with E-state index in [9.17, 15) is 18.3 Å². The van der Waals surface area contributed by atoms with Gasteiger partial charge in [0.05, 0.1) is 17.3 Å². The van der Waals surface area contributed by atoms with E-state index >= 15 is 0 Å². The smallest absolute Gasteiger partial charge is 0.336 e. The molecule has 10 heteroatoms. The number of carboxylic acids is 1. The first kappa shape index (κ1) is 19.9. The normalized spacial score (nSPS) is 14.7. The van der Waals surface area contributed by atoms with Gasteiger partial charge in [-0.25, -0.2) is 23.2 Å². The molecule has 2 N–H and O–H groups in total. The van der Waals surface area contributed by atoms with E-state index in [0.717, 1.165) is 25.2 Å². The van der Waals surface area contributed by atoms with Crippen molar-refractivity contribution in [2.45, 2.75) is 0 Å². The number of carbonyl (C=O) groups is 1. The fourth-order valence-electron chi connectivity index (χ4n) is 3.53. The number of aromatic carboxylic acids is 1. The third-order valence-corrected chi connectivity index (χ3v) is 5.51. The molecular weight excluding hydrogens is 406 g/mol. The molecule has 0 bridgehead atoms. The van der Waals surface area contributed by atoms with Crippen LogP contribution in [-0.4, -0.2) is 61.9 Å². The standard InChI is InChI=1S/C20H21N5O4S/c1-30(28,29)23-14-5-6-17-15(12-14)16(20(26)27)13-19(22-17)25-10-8-24(9-11-25)18-4-2-3-7-21-18/h2-7,12-13,23H,8-11H2,1H3,(H,26,27). The second-order valence-corrected chi connectivity index (χ2v) is 8.85. The Kier molecular flexibility index (Phi) is 5.17. The Bertz CT molecular complexity index is 1190. The second kappa shape index (κ2) is 7.79. The Labute approximate surface area is 174 Å². The molecule has 0 atom stereocenters. The predicted octanol–water partition coefficient (Wildman–Crippen LogP) is 2.03. The van der Waals surface area contributed by atoms with Gasteiger partial charge in [-0.3, -0.25) is 4.72 Å². The fourth-order valence-corrected chi connectivity index (χ4v) is 4.09. The predicted molar refractivity (Wildman–Crippen MR) is 116 cm³/mol. The van der Waals surface area contributed by atoms with Crippen molar-refractivity contribution in [1.29, 1.82) is 0 Å². The maximum absolute atomic E-state index is 11.9. The van der Waals surface area contributed by atoms with E-state index in [1.54, 1.807) is 24.4 Å². The van der Waals surface area contributed by atoms with E-state index in [4.69, 9.17) is 0 Å². The second-order valence-electron chi connectivity index (χ2n) is 7.10. The number of anilines is 3. The van der Waals surface area contributed by atoms with Gasteiger partial charge >= 0.3 is 5.97 Å². The number of fused-ring (bicyclic) bond motifs is 1. The van der Waals surface area contributed by atoms with Gasteiger partial charge in [-0.2, -0.15) is 0 Å². The van der Waals surface area contributed by atoms with Crippen LogP contribution < -0.4 is 14.5 Å². The van der Waals surface area contributed by atoms with E-state index in [-0.39, 0.29) is 5.56 Å². The lowest BCUT2D eigenvalue weighted by Gasteiger charge is -2.36. The average Bonchev–Trinajstić information content (AvgIpc) is 2.72. The Hall–Kier alpha value is -3.40. The summed E-state index contributed by atoms with van der Waals surface area (Å²) >= 11 is 0. The van der Waals surface area contributed by atoms with Gasteiger partial charge in [0.1, 0.15) is 11.6 Å². The molecule has 1 aromatic carbocycles. The average molecular weight is 427 g/mol. The summed E-state index contributed by atoms with van der Waals surface area (Å²) in [7, 11) is -3.47. The number of sulfonamides is 1. The first-order chi connectivity index (χ1) is 14.3. The summed E-state index contributed by atoms with van der Waals surface area (Å²) in [5, 5.41) is 10.1. The van der Waals surface area contributed by atoms with E-state index in [1.807, 2.05) is 23.1 Å². The molecule has 1 saturated heterocycles. The molecule has 0 amide bonds. The summed E-state index contributed by atoms with van der Waals surface area (Å²) in [6.07, 6.45) is 2.81. The highest BCUT2D eigenvalue weighted by Gasteiger charge is 2.21. The van der Waals surface area contributed by atoms with E-state index in [0.29, 0.717) is 35.5 Å². The van der Waals surface area contributed by atoms with Crippen LogP contribution in [0.1, 0.15) is 10.4 Å². The Morgan fingerprint density at radius 3 is 2.33 bits per heavy atom. The van der Waals surface area contributed by atoms with Crippen LogP contribution in [-0.2, 0) is 10.0 Å².